The van der Waals surface area contributed by atoms with Crippen molar-refractivity contribution in [3.8, 4) is 0 Å². The fraction of sp³-hybridized carbons (Fsp3) is 0.357. The van der Waals surface area contributed by atoms with Crippen LogP contribution in [0, 0.1) is 0 Å². The van der Waals surface area contributed by atoms with Gasteiger partial charge in [0.2, 0.25) is 5.13 Å². The minimum Gasteiger partial charge on any atom is -0.296 e. The molecule has 0 bridgehead atoms. The predicted octanol–water partition coefficient (Wildman–Crippen LogP) is 5.00. The summed E-state index contributed by atoms with van der Waals surface area (Å²) in [5, 5.41) is 13.1. The molecule has 4 nitrogen and oxygen atoms in total. The number of halogens is 2. The van der Waals surface area contributed by atoms with Crippen LogP contribution in [0.25, 0.3) is 0 Å². The van der Waals surface area contributed by atoms with Gasteiger partial charge in [-0.25, -0.2) is 0 Å². The average Bonchev–Trinajstić information content (AvgIpc) is 2.91. The number of rotatable bonds is 5. The highest BCUT2D eigenvalue weighted by Crippen LogP contribution is 2.29. The zero-order chi connectivity index (χ0) is 15.4. The summed E-state index contributed by atoms with van der Waals surface area (Å²) in [5.74, 6) is 0.0395. The Morgan fingerprint density at radius 3 is 2.67 bits per heavy atom. The molecule has 0 saturated carbocycles. The van der Waals surface area contributed by atoms with E-state index in [-0.39, 0.29) is 5.91 Å². The number of anilines is 1. The summed E-state index contributed by atoms with van der Waals surface area (Å²) in [6.45, 7) is 4.22. The van der Waals surface area contributed by atoms with Crippen molar-refractivity contribution < 1.29 is 4.79 Å². The minimum absolute atomic E-state index is 0.323. The predicted molar refractivity (Wildman–Crippen MR) is 87.6 cm³/mol. The van der Waals surface area contributed by atoms with Crippen LogP contribution in [0.1, 0.15) is 48.0 Å². The number of amides is 1. The fourth-order valence-corrected chi connectivity index (χ4v) is 3.30. The van der Waals surface area contributed by atoms with Crippen LogP contribution in [0.4, 0.5) is 5.13 Å². The van der Waals surface area contributed by atoms with Crippen molar-refractivity contribution in [2.45, 2.75) is 32.6 Å². The van der Waals surface area contributed by atoms with Gasteiger partial charge < -0.3 is 0 Å². The first-order chi connectivity index (χ1) is 10.0. The Balaban J connectivity index is 2.15. The first kappa shape index (κ1) is 16.2. The number of nitrogens with zero attached hydrogens (tertiary/aromatic N) is 2. The molecule has 21 heavy (non-hydrogen) atoms. The molecular formula is C14H15Cl2N3OS. The van der Waals surface area contributed by atoms with Gasteiger partial charge in [-0.1, -0.05) is 48.4 Å². The highest BCUT2D eigenvalue weighted by Gasteiger charge is 2.16. The Morgan fingerprint density at radius 1 is 1.29 bits per heavy atom. The fourth-order valence-electron chi connectivity index (χ4n) is 1.92. The van der Waals surface area contributed by atoms with Crippen LogP contribution in [-0.2, 0) is 0 Å². The lowest BCUT2D eigenvalue weighted by Gasteiger charge is -2.06. The third-order valence-electron chi connectivity index (χ3n) is 3.17. The second-order valence-corrected chi connectivity index (χ2v) is 6.39. The summed E-state index contributed by atoms with van der Waals surface area (Å²) in [6.07, 6.45) is 2.00. The molecule has 2 aromatic rings. The zero-order valence-corrected chi connectivity index (χ0v) is 14.0. The molecule has 7 heteroatoms. The van der Waals surface area contributed by atoms with Crippen LogP contribution in [0.5, 0.6) is 0 Å². The molecule has 0 spiro atoms. The molecule has 0 aliphatic heterocycles. The van der Waals surface area contributed by atoms with Crippen LogP contribution in [0.3, 0.4) is 0 Å². The van der Waals surface area contributed by atoms with E-state index in [4.69, 9.17) is 23.2 Å². The molecule has 0 unspecified atom stereocenters. The quantitative estimate of drug-likeness (QED) is 0.830. The maximum atomic E-state index is 12.2. The van der Waals surface area contributed by atoms with Crippen molar-refractivity contribution in [3.05, 3.63) is 38.8 Å². The number of nitrogens with one attached hydrogen (secondary N) is 1. The van der Waals surface area contributed by atoms with Crippen LogP contribution in [0.15, 0.2) is 18.2 Å². The normalized spacial score (nSPS) is 10.9. The van der Waals surface area contributed by atoms with E-state index in [9.17, 15) is 4.79 Å². The third-order valence-corrected chi connectivity index (χ3v) is 4.73. The first-order valence-electron chi connectivity index (χ1n) is 6.64. The third kappa shape index (κ3) is 3.93. The van der Waals surface area contributed by atoms with Gasteiger partial charge in [-0.2, -0.15) is 0 Å². The lowest BCUT2D eigenvalue weighted by atomic mass is 10.1. The average molecular weight is 344 g/mol. The number of carbonyl (C=O) groups excluding carboxylic acids is 1. The molecule has 0 saturated heterocycles. The Hall–Kier alpha value is -1.17. The van der Waals surface area contributed by atoms with E-state index in [0.29, 0.717) is 26.7 Å². The number of hydrogen-bond acceptors (Lipinski definition) is 4. The van der Waals surface area contributed by atoms with E-state index in [1.165, 1.54) is 17.4 Å². The van der Waals surface area contributed by atoms with Crippen LogP contribution < -0.4 is 5.32 Å². The van der Waals surface area contributed by atoms with E-state index in [1.807, 2.05) is 0 Å². The van der Waals surface area contributed by atoms with E-state index < -0.39 is 0 Å². The highest BCUT2D eigenvalue weighted by atomic mass is 35.5. The van der Waals surface area contributed by atoms with Gasteiger partial charge >= 0.3 is 0 Å². The Morgan fingerprint density at radius 2 is 2.00 bits per heavy atom. The van der Waals surface area contributed by atoms with Gasteiger partial charge in [0.15, 0.2) is 0 Å². The number of aromatic nitrogens is 2. The molecular weight excluding hydrogens is 329 g/mol. The summed E-state index contributed by atoms with van der Waals surface area (Å²) in [7, 11) is 0. The second-order valence-electron chi connectivity index (χ2n) is 4.54. The molecule has 1 heterocycles. The highest BCUT2D eigenvalue weighted by molar-refractivity contribution is 7.15. The van der Waals surface area contributed by atoms with Gasteiger partial charge in [-0.3, -0.25) is 10.1 Å². The lowest BCUT2D eigenvalue weighted by Crippen LogP contribution is -2.12. The largest absolute Gasteiger partial charge is 0.296 e. The van der Waals surface area contributed by atoms with Gasteiger partial charge in [0.1, 0.15) is 5.01 Å². The molecule has 1 N–H and O–H groups in total. The maximum absolute atomic E-state index is 12.2. The summed E-state index contributed by atoms with van der Waals surface area (Å²) in [4.78, 5) is 12.2. The zero-order valence-electron chi connectivity index (χ0n) is 11.7. The van der Waals surface area contributed by atoms with Crippen LogP contribution in [0.2, 0.25) is 10.0 Å². The van der Waals surface area contributed by atoms with Crippen LogP contribution in [-0.4, -0.2) is 16.1 Å². The van der Waals surface area contributed by atoms with Crippen molar-refractivity contribution in [2.24, 2.45) is 0 Å². The SMILES string of the molecule is CCC(CC)c1nnc(NC(=O)c2cc(Cl)ccc2Cl)s1. The Bertz CT molecular complexity index is 641. The van der Waals surface area contributed by atoms with Gasteiger partial charge in [0, 0.05) is 10.9 Å². The Labute approximate surface area is 137 Å². The van der Waals surface area contributed by atoms with E-state index >= 15 is 0 Å². The topological polar surface area (TPSA) is 54.9 Å². The van der Waals surface area contributed by atoms with Crippen molar-refractivity contribution in [1.29, 1.82) is 0 Å². The smallest absolute Gasteiger partial charge is 0.259 e. The number of benzene rings is 1. The van der Waals surface area contributed by atoms with E-state index in [0.717, 1.165) is 17.8 Å². The van der Waals surface area contributed by atoms with Gasteiger partial charge in [-0.15, -0.1) is 10.2 Å². The molecule has 112 valence electrons. The number of carbonyl (C=O) groups is 1. The minimum atomic E-state index is -0.338. The lowest BCUT2D eigenvalue weighted by molar-refractivity contribution is 0.102. The molecule has 0 atom stereocenters. The molecule has 0 fully saturated rings. The summed E-state index contributed by atoms with van der Waals surface area (Å²) >= 11 is 13.3. The van der Waals surface area contributed by atoms with E-state index in [2.05, 4.69) is 29.4 Å². The molecule has 1 aromatic carbocycles. The first-order valence-corrected chi connectivity index (χ1v) is 8.22. The molecule has 0 aliphatic rings. The van der Waals surface area contributed by atoms with Crippen molar-refractivity contribution in [2.75, 3.05) is 5.32 Å². The monoisotopic (exact) mass is 343 g/mol. The number of hydrogen-bond donors (Lipinski definition) is 1. The molecule has 0 aliphatic carbocycles. The Kier molecular flexibility index (Phi) is 5.56. The van der Waals surface area contributed by atoms with Gasteiger partial charge in [-0.05, 0) is 31.0 Å². The van der Waals surface area contributed by atoms with Gasteiger partial charge in [0.05, 0.1) is 10.6 Å². The molecule has 1 amide bonds. The standard InChI is InChI=1S/C14H15Cl2N3OS/c1-3-8(4-2)13-18-19-14(21-13)17-12(20)10-7-9(15)5-6-11(10)16/h5-8H,3-4H2,1-2H3,(H,17,19,20). The summed E-state index contributed by atoms with van der Waals surface area (Å²) in [6, 6.07) is 4.76. The molecule has 1 aromatic heterocycles. The van der Waals surface area contributed by atoms with Gasteiger partial charge in [0.25, 0.3) is 5.91 Å². The summed E-state index contributed by atoms with van der Waals surface area (Å²) in [5.41, 5.74) is 0.323. The van der Waals surface area contributed by atoms with Crippen molar-refractivity contribution in [1.82, 2.24) is 10.2 Å². The second kappa shape index (κ2) is 7.20. The molecule has 2 rings (SSSR count). The maximum Gasteiger partial charge on any atom is 0.259 e. The summed E-state index contributed by atoms with van der Waals surface area (Å²) < 4.78 is 0. The van der Waals surface area contributed by atoms with E-state index in [1.54, 1.807) is 12.1 Å². The van der Waals surface area contributed by atoms with Crippen molar-refractivity contribution in [3.63, 3.8) is 0 Å². The molecule has 0 radical (unpaired) electrons. The van der Waals surface area contributed by atoms with Crippen molar-refractivity contribution >= 4 is 45.6 Å². The van der Waals surface area contributed by atoms with Crippen LogP contribution >= 0.6 is 34.5 Å².